The van der Waals surface area contributed by atoms with Crippen LogP contribution in [-0.4, -0.2) is 38.8 Å². The van der Waals surface area contributed by atoms with Crippen molar-refractivity contribution in [2.75, 3.05) is 32.9 Å². The van der Waals surface area contributed by atoms with Crippen molar-refractivity contribution in [2.45, 2.75) is 26.9 Å². The number of morpholine rings is 1. The minimum Gasteiger partial charge on any atom is -0.484 e. The van der Waals surface area contributed by atoms with Crippen molar-refractivity contribution >= 4 is 5.91 Å². The maximum Gasteiger partial charge on any atom is 0.258 e. The zero-order chi connectivity index (χ0) is 19.1. The maximum absolute atomic E-state index is 12.2. The SMILES string of the molecule is Cc1ccc(OCC(=O)NCc2ccccc2C[NH+]2CCOCC2)cc1C. The molecule has 0 atom stereocenters. The zero-order valence-electron chi connectivity index (χ0n) is 16.2. The lowest BCUT2D eigenvalue weighted by molar-refractivity contribution is -0.921. The summed E-state index contributed by atoms with van der Waals surface area (Å²) in [5.74, 6) is 0.617. The number of quaternary nitrogens is 1. The fourth-order valence-electron chi connectivity index (χ4n) is 3.21. The molecule has 2 aromatic carbocycles. The molecule has 1 aliphatic rings. The van der Waals surface area contributed by atoms with Crippen molar-refractivity contribution in [3.63, 3.8) is 0 Å². The molecule has 1 fully saturated rings. The number of benzene rings is 2. The molecule has 5 nitrogen and oxygen atoms in total. The number of nitrogens with one attached hydrogen (secondary N) is 2. The lowest BCUT2D eigenvalue weighted by Crippen LogP contribution is -3.12. The molecule has 0 saturated carbocycles. The van der Waals surface area contributed by atoms with Crippen molar-refractivity contribution in [1.82, 2.24) is 5.32 Å². The van der Waals surface area contributed by atoms with Crippen molar-refractivity contribution in [2.24, 2.45) is 0 Å². The molecule has 3 rings (SSSR count). The predicted octanol–water partition coefficient (Wildman–Crippen LogP) is 1.41. The summed E-state index contributed by atoms with van der Waals surface area (Å²) in [6.45, 7) is 9.32. The molecule has 1 amide bonds. The van der Waals surface area contributed by atoms with E-state index >= 15 is 0 Å². The summed E-state index contributed by atoms with van der Waals surface area (Å²) in [7, 11) is 0. The van der Waals surface area contributed by atoms with Gasteiger partial charge in [-0.15, -0.1) is 0 Å². The van der Waals surface area contributed by atoms with Crippen molar-refractivity contribution < 1.29 is 19.2 Å². The van der Waals surface area contributed by atoms with Gasteiger partial charge in [0.2, 0.25) is 0 Å². The highest BCUT2D eigenvalue weighted by molar-refractivity contribution is 5.77. The van der Waals surface area contributed by atoms with Gasteiger partial charge < -0.3 is 19.7 Å². The molecule has 1 heterocycles. The van der Waals surface area contributed by atoms with Crippen LogP contribution >= 0.6 is 0 Å². The monoisotopic (exact) mass is 369 g/mol. The standard InChI is InChI=1S/C22H28N2O3/c1-17-7-8-21(13-18(17)2)27-16-22(25)23-14-19-5-3-4-6-20(19)15-24-9-11-26-12-10-24/h3-8,13H,9-12,14-16H2,1-2H3,(H,23,25)/p+1. The Hall–Kier alpha value is -2.37. The van der Waals surface area contributed by atoms with Gasteiger partial charge in [0, 0.05) is 12.1 Å². The van der Waals surface area contributed by atoms with E-state index < -0.39 is 0 Å². The van der Waals surface area contributed by atoms with Crippen molar-refractivity contribution in [3.8, 4) is 5.75 Å². The first-order valence-electron chi connectivity index (χ1n) is 9.56. The minimum atomic E-state index is -0.109. The van der Waals surface area contributed by atoms with Gasteiger partial charge >= 0.3 is 0 Å². The van der Waals surface area contributed by atoms with Crippen LogP contribution in [-0.2, 0) is 22.6 Å². The first kappa shape index (κ1) is 19.4. The summed E-state index contributed by atoms with van der Waals surface area (Å²) < 4.78 is 11.0. The third-order valence-corrected chi connectivity index (χ3v) is 5.08. The molecule has 0 aromatic heterocycles. The Labute approximate surface area is 161 Å². The van der Waals surface area contributed by atoms with Crippen LogP contribution in [0.1, 0.15) is 22.3 Å². The Balaban J connectivity index is 1.50. The van der Waals surface area contributed by atoms with Gasteiger partial charge in [0.15, 0.2) is 6.61 Å². The number of ether oxygens (including phenoxy) is 2. The molecule has 0 spiro atoms. The van der Waals surface area contributed by atoms with E-state index in [1.165, 1.54) is 16.0 Å². The molecule has 144 valence electrons. The summed E-state index contributed by atoms with van der Waals surface area (Å²) in [5.41, 5.74) is 4.82. The quantitative estimate of drug-likeness (QED) is 0.776. The second-order valence-electron chi connectivity index (χ2n) is 7.12. The summed E-state index contributed by atoms with van der Waals surface area (Å²) in [4.78, 5) is 13.7. The van der Waals surface area contributed by atoms with Crippen LogP contribution in [0.2, 0.25) is 0 Å². The Kier molecular flexibility index (Phi) is 6.85. The molecule has 0 unspecified atom stereocenters. The van der Waals surface area contributed by atoms with Gasteiger partial charge in [0.1, 0.15) is 25.4 Å². The number of carbonyl (C=O) groups excluding carboxylic acids is 1. The zero-order valence-corrected chi connectivity index (χ0v) is 16.2. The van der Waals surface area contributed by atoms with Crippen molar-refractivity contribution in [3.05, 3.63) is 64.7 Å². The fraction of sp³-hybridized carbons (Fsp3) is 0.409. The molecule has 2 aromatic rings. The maximum atomic E-state index is 12.2. The van der Waals surface area contributed by atoms with Crippen molar-refractivity contribution in [1.29, 1.82) is 0 Å². The van der Waals surface area contributed by atoms with Gasteiger partial charge in [-0.25, -0.2) is 0 Å². The normalized spacial score (nSPS) is 14.7. The van der Waals surface area contributed by atoms with E-state index in [0.717, 1.165) is 49.7 Å². The van der Waals surface area contributed by atoms with Gasteiger partial charge in [-0.3, -0.25) is 4.79 Å². The second-order valence-corrected chi connectivity index (χ2v) is 7.12. The van der Waals surface area contributed by atoms with Crippen LogP contribution in [0.15, 0.2) is 42.5 Å². The predicted molar refractivity (Wildman–Crippen MR) is 105 cm³/mol. The Bertz CT molecular complexity index is 770. The number of rotatable bonds is 7. The van der Waals surface area contributed by atoms with Gasteiger partial charge in [0.05, 0.1) is 13.2 Å². The molecule has 1 saturated heterocycles. The van der Waals surface area contributed by atoms with Gasteiger partial charge in [0.25, 0.3) is 5.91 Å². The van der Waals surface area contributed by atoms with Gasteiger partial charge in [-0.1, -0.05) is 30.3 Å². The fourth-order valence-corrected chi connectivity index (χ4v) is 3.21. The first-order valence-corrected chi connectivity index (χ1v) is 9.56. The van der Waals surface area contributed by atoms with Crippen LogP contribution in [0.3, 0.4) is 0 Å². The van der Waals surface area contributed by atoms with E-state index in [0.29, 0.717) is 6.54 Å². The molecule has 5 heteroatoms. The highest BCUT2D eigenvalue weighted by Crippen LogP contribution is 2.16. The Morgan fingerprint density at radius 2 is 1.81 bits per heavy atom. The van der Waals surface area contributed by atoms with Crippen LogP contribution in [0.25, 0.3) is 0 Å². The third kappa shape index (κ3) is 5.81. The molecule has 2 N–H and O–H groups in total. The lowest BCUT2D eigenvalue weighted by Gasteiger charge is -2.24. The second kappa shape index (κ2) is 9.53. The number of carbonyl (C=O) groups is 1. The highest BCUT2D eigenvalue weighted by Gasteiger charge is 2.16. The smallest absolute Gasteiger partial charge is 0.258 e. The average Bonchev–Trinajstić information content (AvgIpc) is 2.69. The minimum absolute atomic E-state index is 0.0272. The van der Waals surface area contributed by atoms with Crippen LogP contribution in [0.5, 0.6) is 5.75 Å². The molecule has 0 bridgehead atoms. The van der Waals surface area contributed by atoms with Crippen LogP contribution in [0.4, 0.5) is 0 Å². The Morgan fingerprint density at radius 1 is 1.07 bits per heavy atom. The van der Waals surface area contributed by atoms with Crippen LogP contribution in [0, 0.1) is 13.8 Å². The van der Waals surface area contributed by atoms with E-state index in [4.69, 9.17) is 9.47 Å². The molecule has 1 aliphatic heterocycles. The molecule has 0 radical (unpaired) electrons. The van der Waals surface area contributed by atoms with E-state index in [2.05, 4.69) is 30.4 Å². The third-order valence-electron chi connectivity index (χ3n) is 5.08. The topological polar surface area (TPSA) is 52.0 Å². The Morgan fingerprint density at radius 3 is 2.56 bits per heavy atom. The van der Waals surface area contributed by atoms with E-state index in [9.17, 15) is 4.79 Å². The summed E-state index contributed by atoms with van der Waals surface area (Å²) in [6, 6.07) is 14.2. The average molecular weight is 369 g/mol. The van der Waals surface area contributed by atoms with Crippen LogP contribution < -0.4 is 15.0 Å². The summed E-state index contributed by atoms with van der Waals surface area (Å²) in [6.07, 6.45) is 0. The molecule has 27 heavy (non-hydrogen) atoms. The number of amides is 1. The summed E-state index contributed by atoms with van der Waals surface area (Å²) in [5, 5.41) is 2.97. The number of hydrogen-bond acceptors (Lipinski definition) is 3. The van der Waals surface area contributed by atoms with E-state index in [-0.39, 0.29) is 12.5 Å². The molecular weight excluding hydrogens is 340 g/mol. The number of aryl methyl sites for hydroxylation is 2. The van der Waals surface area contributed by atoms with E-state index in [1.54, 1.807) is 0 Å². The van der Waals surface area contributed by atoms with Gasteiger partial charge in [-0.2, -0.15) is 0 Å². The molecular formula is C22H29N2O3+. The van der Waals surface area contributed by atoms with E-state index in [1.807, 2.05) is 31.2 Å². The molecule has 0 aliphatic carbocycles. The largest absolute Gasteiger partial charge is 0.484 e. The number of hydrogen-bond donors (Lipinski definition) is 2. The first-order chi connectivity index (χ1) is 13.1. The highest BCUT2D eigenvalue weighted by atomic mass is 16.5. The lowest BCUT2D eigenvalue weighted by atomic mass is 10.1. The van der Waals surface area contributed by atoms with Gasteiger partial charge in [-0.05, 0) is 42.7 Å². The summed E-state index contributed by atoms with van der Waals surface area (Å²) >= 11 is 0.